The van der Waals surface area contributed by atoms with Crippen LogP contribution in [0.15, 0.2) is 131 Å². The van der Waals surface area contributed by atoms with Crippen LogP contribution in [0, 0.1) is 0 Å². The first-order valence-electron chi connectivity index (χ1n) is 13.4. The van der Waals surface area contributed by atoms with Crippen LogP contribution in [0.5, 0.6) is 0 Å². The van der Waals surface area contributed by atoms with E-state index in [1.54, 1.807) is 60.7 Å². The number of rotatable bonds is 10. The van der Waals surface area contributed by atoms with Gasteiger partial charge >= 0.3 is 0 Å². The number of amides is 3. The highest BCUT2D eigenvalue weighted by atomic mass is 35.5. The summed E-state index contributed by atoms with van der Waals surface area (Å²) in [5.74, 6) is -1.13. The van der Waals surface area contributed by atoms with Gasteiger partial charge in [-0.25, -0.2) is 0 Å². The molecule has 6 nitrogen and oxygen atoms in total. The number of halogens is 2. The van der Waals surface area contributed by atoms with Gasteiger partial charge in [0.15, 0.2) is 0 Å². The molecule has 220 valence electrons. The number of carbonyl (C=O) groups excluding carboxylic acids is 3. The molecule has 0 aliphatic rings. The molecule has 1 unspecified atom stereocenters. The molecule has 0 fully saturated rings. The predicted octanol–water partition coefficient (Wildman–Crippen LogP) is 8.94. The molecule has 0 radical (unpaired) electrons. The summed E-state index contributed by atoms with van der Waals surface area (Å²) in [5, 5.41) is 12.3. The van der Waals surface area contributed by atoms with E-state index in [9.17, 15) is 14.4 Å². The number of nitrogens with one attached hydrogen (secondary N) is 3. The number of hydrogen-bond acceptors (Lipinski definition) is 5. The molecule has 0 spiro atoms. The lowest BCUT2D eigenvalue weighted by Gasteiger charge is -2.18. The van der Waals surface area contributed by atoms with E-state index in [0.717, 1.165) is 16.0 Å². The summed E-state index contributed by atoms with van der Waals surface area (Å²) in [6.07, 6.45) is 1.63. The van der Waals surface area contributed by atoms with Gasteiger partial charge in [0.25, 0.3) is 11.8 Å². The summed E-state index contributed by atoms with van der Waals surface area (Å²) >= 11 is 15.3. The average Bonchev–Trinajstić information content (AvgIpc) is 3.56. The second-order valence-electron chi connectivity index (χ2n) is 9.41. The van der Waals surface area contributed by atoms with E-state index >= 15 is 0 Å². The second kappa shape index (κ2) is 14.9. The maximum atomic E-state index is 13.5. The predicted molar refractivity (Wildman–Crippen MR) is 181 cm³/mol. The lowest BCUT2D eigenvalue weighted by molar-refractivity contribution is -0.116. The van der Waals surface area contributed by atoms with Gasteiger partial charge < -0.3 is 16.0 Å². The molecule has 0 saturated heterocycles. The number of thiophene rings is 1. The lowest BCUT2D eigenvalue weighted by Crippen LogP contribution is -2.30. The molecule has 0 aliphatic heterocycles. The summed E-state index contributed by atoms with van der Waals surface area (Å²) in [5.41, 5.74) is 3.10. The van der Waals surface area contributed by atoms with Crippen molar-refractivity contribution in [3.63, 3.8) is 0 Å². The van der Waals surface area contributed by atoms with Crippen molar-refractivity contribution in [1.82, 2.24) is 5.32 Å². The first-order chi connectivity index (χ1) is 21.4. The highest BCUT2D eigenvalue weighted by molar-refractivity contribution is 8.00. The Labute approximate surface area is 273 Å². The van der Waals surface area contributed by atoms with Gasteiger partial charge in [0, 0.05) is 16.1 Å². The van der Waals surface area contributed by atoms with Gasteiger partial charge in [-0.2, -0.15) is 11.3 Å². The third kappa shape index (κ3) is 8.18. The summed E-state index contributed by atoms with van der Waals surface area (Å²) in [6.45, 7) is 0. The summed E-state index contributed by atoms with van der Waals surface area (Å²) < 4.78 is 0. The second-order valence-corrected chi connectivity index (χ2v) is 12.2. The first kappa shape index (κ1) is 31.1. The van der Waals surface area contributed by atoms with E-state index in [1.165, 1.54) is 23.1 Å². The number of benzene rings is 4. The fourth-order valence-electron chi connectivity index (χ4n) is 4.12. The SMILES string of the molecule is O=C(Nc1ccc(SC(C(=O)Nc2cccc(Cl)c2Cl)c2ccccc2)cc1)/C(=C/c1ccsc1)NC(=O)c1ccccc1. The Bertz CT molecular complexity index is 1780. The van der Waals surface area contributed by atoms with Crippen molar-refractivity contribution in [2.45, 2.75) is 10.1 Å². The fraction of sp³-hybridized carbons (Fsp3) is 0.0294. The molecule has 5 rings (SSSR count). The van der Waals surface area contributed by atoms with Crippen molar-refractivity contribution >= 4 is 81.5 Å². The number of hydrogen-bond donors (Lipinski definition) is 3. The molecule has 4 aromatic carbocycles. The smallest absolute Gasteiger partial charge is 0.272 e. The van der Waals surface area contributed by atoms with E-state index in [1.807, 2.05) is 65.4 Å². The zero-order valence-corrected chi connectivity index (χ0v) is 26.1. The molecule has 0 bridgehead atoms. The minimum Gasteiger partial charge on any atom is -0.323 e. The van der Waals surface area contributed by atoms with Gasteiger partial charge in [0.1, 0.15) is 10.9 Å². The van der Waals surface area contributed by atoms with Gasteiger partial charge in [-0.1, -0.05) is 77.8 Å². The zero-order chi connectivity index (χ0) is 30.9. The van der Waals surface area contributed by atoms with Crippen LogP contribution in [0.1, 0.15) is 26.7 Å². The van der Waals surface area contributed by atoms with Crippen LogP contribution in [-0.2, 0) is 9.59 Å². The number of carbonyl (C=O) groups is 3. The Kier molecular flexibility index (Phi) is 10.5. The monoisotopic (exact) mass is 657 g/mol. The van der Waals surface area contributed by atoms with Crippen LogP contribution >= 0.6 is 46.3 Å². The molecule has 10 heteroatoms. The zero-order valence-electron chi connectivity index (χ0n) is 23.0. The van der Waals surface area contributed by atoms with Crippen molar-refractivity contribution in [2.75, 3.05) is 10.6 Å². The van der Waals surface area contributed by atoms with Gasteiger partial charge in [0.05, 0.1) is 15.7 Å². The summed E-state index contributed by atoms with van der Waals surface area (Å²) in [6, 6.07) is 32.2. The van der Waals surface area contributed by atoms with Crippen molar-refractivity contribution < 1.29 is 14.4 Å². The maximum Gasteiger partial charge on any atom is 0.272 e. The maximum absolute atomic E-state index is 13.5. The van der Waals surface area contributed by atoms with E-state index in [-0.39, 0.29) is 16.6 Å². The average molecular weight is 659 g/mol. The molecular weight excluding hydrogens is 633 g/mol. The van der Waals surface area contributed by atoms with Crippen molar-refractivity contribution in [1.29, 1.82) is 0 Å². The third-order valence-electron chi connectivity index (χ3n) is 6.30. The van der Waals surface area contributed by atoms with Crippen LogP contribution < -0.4 is 16.0 Å². The van der Waals surface area contributed by atoms with Crippen molar-refractivity contribution in [3.8, 4) is 0 Å². The van der Waals surface area contributed by atoms with E-state index in [2.05, 4.69) is 16.0 Å². The van der Waals surface area contributed by atoms with Gasteiger partial charge in [-0.05, 0) is 82.6 Å². The molecule has 5 aromatic rings. The van der Waals surface area contributed by atoms with Crippen molar-refractivity contribution in [2.24, 2.45) is 0 Å². The third-order valence-corrected chi connectivity index (χ3v) is 9.09. The van der Waals surface area contributed by atoms with Crippen LogP contribution in [0.4, 0.5) is 11.4 Å². The van der Waals surface area contributed by atoms with Gasteiger partial charge in [-0.3, -0.25) is 14.4 Å². The number of anilines is 2. The van der Waals surface area contributed by atoms with Crippen molar-refractivity contribution in [3.05, 3.63) is 152 Å². The quantitative estimate of drug-likeness (QED) is 0.103. The Balaban J connectivity index is 1.31. The molecule has 44 heavy (non-hydrogen) atoms. The standard InChI is InChI=1S/C34H25Cl2N3O3S2/c35-27-12-7-13-28(30(27)36)38-34(42)31(23-8-3-1-4-9-23)44-26-16-14-25(15-17-26)37-33(41)29(20-22-18-19-43-21-22)39-32(40)24-10-5-2-6-11-24/h1-21,31H,(H,37,41)(H,38,42)(H,39,40)/b29-20-. The highest BCUT2D eigenvalue weighted by Crippen LogP contribution is 2.38. The molecule has 3 amide bonds. The molecule has 1 atom stereocenters. The minimum atomic E-state index is -0.597. The minimum absolute atomic E-state index is 0.108. The number of thioether (sulfide) groups is 1. The highest BCUT2D eigenvalue weighted by Gasteiger charge is 2.23. The summed E-state index contributed by atoms with van der Waals surface area (Å²) in [4.78, 5) is 40.4. The van der Waals surface area contributed by atoms with Crippen LogP contribution in [-0.4, -0.2) is 17.7 Å². The van der Waals surface area contributed by atoms with Gasteiger partial charge in [-0.15, -0.1) is 11.8 Å². The topological polar surface area (TPSA) is 87.3 Å². The Morgan fingerprint density at radius 2 is 1.48 bits per heavy atom. The van der Waals surface area contributed by atoms with E-state index < -0.39 is 17.1 Å². The Morgan fingerprint density at radius 3 is 2.16 bits per heavy atom. The first-order valence-corrected chi connectivity index (χ1v) is 15.9. The largest absolute Gasteiger partial charge is 0.323 e. The van der Waals surface area contributed by atoms with Crippen LogP contribution in [0.3, 0.4) is 0 Å². The van der Waals surface area contributed by atoms with Crippen LogP contribution in [0.2, 0.25) is 10.0 Å². The molecule has 0 saturated carbocycles. The van der Waals surface area contributed by atoms with E-state index in [4.69, 9.17) is 23.2 Å². The molecule has 1 heterocycles. The Hall–Kier alpha value is -4.34. The lowest BCUT2D eigenvalue weighted by atomic mass is 10.1. The normalized spacial score (nSPS) is 11.8. The van der Waals surface area contributed by atoms with E-state index in [0.29, 0.717) is 22.0 Å². The molecule has 3 N–H and O–H groups in total. The summed E-state index contributed by atoms with van der Waals surface area (Å²) in [7, 11) is 0. The van der Waals surface area contributed by atoms with Gasteiger partial charge in [0.2, 0.25) is 5.91 Å². The Morgan fingerprint density at radius 1 is 0.773 bits per heavy atom. The molecule has 0 aliphatic carbocycles. The molecular formula is C34H25Cl2N3O3S2. The van der Waals surface area contributed by atoms with Crippen LogP contribution in [0.25, 0.3) is 6.08 Å². The fourth-order valence-corrected chi connectivity index (χ4v) is 6.11. The molecule has 1 aromatic heterocycles.